The lowest BCUT2D eigenvalue weighted by atomic mass is 9.99. The smallest absolute Gasteiger partial charge is 0.407 e. The van der Waals surface area contributed by atoms with Crippen molar-refractivity contribution >= 4 is 6.09 Å². The monoisotopic (exact) mass is 266 g/mol. The van der Waals surface area contributed by atoms with Gasteiger partial charge in [-0.25, -0.2) is 14.8 Å². The van der Waals surface area contributed by atoms with Crippen LogP contribution in [-0.2, 0) is 4.74 Å². The third-order valence-corrected chi connectivity index (χ3v) is 2.57. The molecule has 1 aromatic rings. The van der Waals surface area contributed by atoms with E-state index in [1.54, 1.807) is 6.20 Å². The van der Waals surface area contributed by atoms with E-state index in [9.17, 15) is 4.79 Å². The zero-order valence-electron chi connectivity index (χ0n) is 11.9. The van der Waals surface area contributed by atoms with Gasteiger partial charge in [-0.1, -0.05) is 0 Å². The van der Waals surface area contributed by atoms with Crippen molar-refractivity contribution in [3.05, 3.63) is 23.8 Å². The van der Waals surface area contributed by atoms with E-state index in [1.807, 2.05) is 27.7 Å². The normalized spacial score (nSPS) is 12.9. The fraction of sp³-hybridized carbons (Fsp3) is 0.615. The van der Waals surface area contributed by atoms with Crippen molar-refractivity contribution < 1.29 is 9.53 Å². The summed E-state index contributed by atoms with van der Waals surface area (Å²) in [5.74, 6) is -0.0197. The Morgan fingerprint density at radius 1 is 1.53 bits per heavy atom. The molecule has 1 atom stereocenters. The second kappa shape index (κ2) is 6.47. The molecule has 0 saturated carbocycles. The van der Waals surface area contributed by atoms with Gasteiger partial charge in [0.05, 0.1) is 0 Å². The van der Waals surface area contributed by atoms with Gasteiger partial charge in [-0.2, -0.15) is 0 Å². The Hall–Kier alpha value is -1.69. The Labute approximate surface area is 113 Å². The number of alkyl carbamates (subject to hydrolysis) is 1. The first kappa shape index (κ1) is 15.4. The lowest BCUT2D eigenvalue weighted by Crippen LogP contribution is -2.36. The van der Waals surface area contributed by atoms with Crippen LogP contribution in [0.25, 0.3) is 0 Å². The fourth-order valence-electron chi connectivity index (χ4n) is 1.64. The highest BCUT2D eigenvalue weighted by molar-refractivity contribution is 5.67. The SMILES string of the molecule is Cc1ncncc1C(CN)CNC(=O)OC(C)(C)C. The Kier molecular flexibility index (Phi) is 5.23. The minimum absolute atomic E-state index is 0.0197. The van der Waals surface area contributed by atoms with Crippen LogP contribution in [-0.4, -0.2) is 34.8 Å². The summed E-state index contributed by atoms with van der Waals surface area (Å²) in [5.41, 5.74) is 7.05. The second-order valence-electron chi connectivity index (χ2n) is 5.38. The van der Waals surface area contributed by atoms with Crippen LogP contribution in [0.5, 0.6) is 0 Å². The molecule has 0 aliphatic carbocycles. The Morgan fingerprint density at radius 2 is 2.21 bits per heavy atom. The second-order valence-corrected chi connectivity index (χ2v) is 5.38. The number of hydrogen-bond acceptors (Lipinski definition) is 5. The summed E-state index contributed by atoms with van der Waals surface area (Å²) in [6.07, 6.45) is 2.78. The summed E-state index contributed by atoms with van der Waals surface area (Å²) in [6, 6.07) is 0. The molecule has 106 valence electrons. The molecule has 1 aromatic heterocycles. The first-order valence-corrected chi connectivity index (χ1v) is 6.27. The van der Waals surface area contributed by atoms with Gasteiger partial charge >= 0.3 is 6.09 Å². The number of aromatic nitrogens is 2. The van der Waals surface area contributed by atoms with Gasteiger partial charge in [0, 0.05) is 30.9 Å². The van der Waals surface area contributed by atoms with Crippen LogP contribution in [0, 0.1) is 6.92 Å². The van der Waals surface area contributed by atoms with Gasteiger partial charge in [-0.05, 0) is 33.3 Å². The molecular formula is C13H22N4O2. The Bertz CT molecular complexity index is 429. The molecule has 0 saturated heterocycles. The number of carbonyl (C=O) groups excluding carboxylic acids is 1. The third-order valence-electron chi connectivity index (χ3n) is 2.57. The minimum Gasteiger partial charge on any atom is -0.444 e. The first-order chi connectivity index (χ1) is 8.83. The van der Waals surface area contributed by atoms with E-state index in [0.29, 0.717) is 13.1 Å². The average molecular weight is 266 g/mol. The molecule has 1 rings (SSSR count). The lowest BCUT2D eigenvalue weighted by molar-refractivity contribution is 0.0524. The number of rotatable bonds is 4. The van der Waals surface area contributed by atoms with Gasteiger partial charge in [0.2, 0.25) is 0 Å². The average Bonchev–Trinajstić information content (AvgIpc) is 2.29. The van der Waals surface area contributed by atoms with Gasteiger partial charge in [0.25, 0.3) is 0 Å². The van der Waals surface area contributed by atoms with E-state index in [2.05, 4.69) is 15.3 Å². The number of aryl methyl sites for hydroxylation is 1. The lowest BCUT2D eigenvalue weighted by Gasteiger charge is -2.22. The van der Waals surface area contributed by atoms with Crippen LogP contribution in [0.15, 0.2) is 12.5 Å². The molecule has 0 fully saturated rings. The summed E-state index contributed by atoms with van der Waals surface area (Å²) < 4.78 is 5.18. The van der Waals surface area contributed by atoms with Gasteiger partial charge in [-0.3, -0.25) is 0 Å². The first-order valence-electron chi connectivity index (χ1n) is 6.27. The molecular weight excluding hydrogens is 244 g/mol. The number of nitrogens with two attached hydrogens (primary N) is 1. The van der Waals surface area contributed by atoms with Crippen molar-refractivity contribution in [1.29, 1.82) is 0 Å². The van der Waals surface area contributed by atoms with Crippen LogP contribution in [0.3, 0.4) is 0 Å². The number of nitrogens with zero attached hydrogens (tertiary/aromatic N) is 2. The van der Waals surface area contributed by atoms with Crippen molar-refractivity contribution in [2.75, 3.05) is 13.1 Å². The zero-order chi connectivity index (χ0) is 14.5. The van der Waals surface area contributed by atoms with Gasteiger partial charge in [0.1, 0.15) is 11.9 Å². The van der Waals surface area contributed by atoms with Crippen LogP contribution in [0.1, 0.15) is 37.9 Å². The molecule has 0 aromatic carbocycles. The number of amides is 1. The van der Waals surface area contributed by atoms with Gasteiger partial charge in [0.15, 0.2) is 0 Å². The van der Waals surface area contributed by atoms with E-state index in [0.717, 1.165) is 11.3 Å². The van der Waals surface area contributed by atoms with Crippen LogP contribution >= 0.6 is 0 Å². The van der Waals surface area contributed by atoms with Gasteiger partial charge in [-0.15, -0.1) is 0 Å². The zero-order valence-corrected chi connectivity index (χ0v) is 11.9. The highest BCUT2D eigenvalue weighted by atomic mass is 16.6. The maximum absolute atomic E-state index is 11.6. The van der Waals surface area contributed by atoms with Gasteiger partial charge < -0.3 is 15.8 Å². The number of nitrogens with one attached hydrogen (secondary N) is 1. The third kappa shape index (κ3) is 5.21. The highest BCUT2D eigenvalue weighted by Gasteiger charge is 2.18. The topological polar surface area (TPSA) is 90.1 Å². The van der Waals surface area contributed by atoms with E-state index in [1.165, 1.54) is 6.33 Å². The number of carbonyl (C=O) groups is 1. The standard InChI is InChI=1S/C13H22N4O2/c1-9-11(7-15-8-17-9)10(5-14)6-16-12(18)19-13(2,3)4/h7-8,10H,5-6,14H2,1-4H3,(H,16,18). The van der Waals surface area contributed by atoms with Crippen molar-refractivity contribution in [1.82, 2.24) is 15.3 Å². The van der Waals surface area contributed by atoms with Crippen molar-refractivity contribution in [2.45, 2.75) is 39.2 Å². The molecule has 0 aliphatic rings. The molecule has 0 radical (unpaired) electrons. The minimum atomic E-state index is -0.506. The van der Waals surface area contributed by atoms with Crippen molar-refractivity contribution in [2.24, 2.45) is 5.73 Å². The largest absolute Gasteiger partial charge is 0.444 e. The quantitative estimate of drug-likeness (QED) is 0.858. The molecule has 19 heavy (non-hydrogen) atoms. The predicted molar refractivity (Wildman–Crippen MR) is 72.8 cm³/mol. The Balaban J connectivity index is 2.59. The van der Waals surface area contributed by atoms with E-state index in [-0.39, 0.29) is 5.92 Å². The van der Waals surface area contributed by atoms with Crippen molar-refractivity contribution in [3.63, 3.8) is 0 Å². The molecule has 1 heterocycles. The van der Waals surface area contributed by atoms with E-state index >= 15 is 0 Å². The van der Waals surface area contributed by atoms with Crippen LogP contribution < -0.4 is 11.1 Å². The van der Waals surface area contributed by atoms with Crippen LogP contribution in [0.2, 0.25) is 0 Å². The maximum Gasteiger partial charge on any atom is 0.407 e. The number of hydrogen-bond donors (Lipinski definition) is 2. The van der Waals surface area contributed by atoms with Crippen LogP contribution in [0.4, 0.5) is 4.79 Å². The molecule has 1 unspecified atom stereocenters. The van der Waals surface area contributed by atoms with Crippen molar-refractivity contribution in [3.8, 4) is 0 Å². The molecule has 0 aliphatic heterocycles. The molecule has 0 bridgehead atoms. The number of ether oxygens (including phenoxy) is 1. The summed E-state index contributed by atoms with van der Waals surface area (Å²) in [5, 5.41) is 2.72. The summed E-state index contributed by atoms with van der Waals surface area (Å²) in [7, 11) is 0. The summed E-state index contributed by atoms with van der Waals surface area (Å²) >= 11 is 0. The molecule has 3 N–H and O–H groups in total. The highest BCUT2D eigenvalue weighted by Crippen LogP contribution is 2.15. The molecule has 6 heteroatoms. The Morgan fingerprint density at radius 3 is 2.74 bits per heavy atom. The maximum atomic E-state index is 11.6. The molecule has 0 spiro atoms. The predicted octanol–water partition coefficient (Wildman–Crippen LogP) is 1.35. The molecule has 6 nitrogen and oxygen atoms in total. The molecule has 1 amide bonds. The summed E-state index contributed by atoms with van der Waals surface area (Å²) in [4.78, 5) is 19.7. The summed E-state index contributed by atoms with van der Waals surface area (Å²) in [6.45, 7) is 8.17. The fourth-order valence-corrected chi connectivity index (χ4v) is 1.64. The van der Waals surface area contributed by atoms with E-state index < -0.39 is 11.7 Å². The van der Waals surface area contributed by atoms with E-state index in [4.69, 9.17) is 10.5 Å².